The Morgan fingerprint density at radius 2 is 2.50 bits per heavy atom. The number of nitrogens with zero attached hydrogens (tertiary/aromatic N) is 3. The highest BCUT2D eigenvalue weighted by molar-refractivity contribution is 6.69. The molecule has 6 heteroatoms. The summed E-state index contributed by atoms with van der Waals surface area (Å²) < 4.78 is 0. The van der Waals surface area contributed by atoms with Gasteiger partial charge in [-0.15, -0.1) is 0 Å². The summed E-state index contributed by atoms with van der Waals surface area (Å²) >= 11 is 0. The lowest BCUT2D eigenvalue weighted by molar-refractivity contribution is -0.115. The van der Waals surface area contributed by atoms with Gasteiger partial charge in [-0.25, -0.2) is 15.0 Å². The summed E-state index contributed by atoms with van der Waals surface area (Å²) in [6, 6.07) is 0. The number of amidine groups is 1. The van der Waals surface area contributed by atoms with Crippen LogP contribution < -0.4 is 10.6 Å². The second kappa shape index (κ2) is 2.49. The van der Waals surface area contributed by atoms with Crippen molar-refractivity contribution in [3.8, 4) is 0 Å². The molecule has 2 rings (SSSR count). The van der Waals surface area contributed by atoms with Crippen molar-refractivity contribution in [2.45, 2.75) is 6.29 Å². The van der Waals surface area contributed by atoms with Crippen molar-refractivity contribution in [3.05, 3.63) is 0 Å². The van der Waals surface area contributed by atoms with Crippen LogP contribution in [0.15, 0.2) is 15.0 Å². The summed E-state index contributed by atoms with van der Waals surface area (Å²) in [4.78, 5) is 22.8. The molecule has 0 spiro atoms. The molecule has 0 aromatic rings. The van der Waals surface area contributed by atoms with E-state index in [-0.39, 0.29) is 12.2 Å². The average molecular weight is 165 g/mol. The molecule has 2 aliphatic heterocycles. The Labute approximate surface area is 68.5 Å². The SMILES string of the molecule is CN[C@@H]1N=C2N=CN=C2C(=O)N1. The highest BCUT2D eigenvalue weighted by atomic mass is 16.2. The van der Waals surface area contributed by atoms with E-state index in [1.165, 1.54) is 6.34 Å². The topological polar surface area (TPSA) is 78.2 Å². The molecule has 0 aliphatic carbocycles. The largest absolute Gasteiger partial charge is 0.316 e. The van der Waals surface area contributed by atoms with Gasteiger partial charge in [0.15, 0.2) is 17.8 Å². The number of aliphatic imine (C=N–C) groups is 3. The van der Waals surface area contributed by atoms with Crippen molar-refractivity contribution < 1.29 is 4.79 Å². The molecule has 6 nitrogen and oxygen atoms in total. The van der Waals surface area contributed by atoms with Crippen LogP contribution in [-0.2, 0) is 4.79 Å². The van der Waals surface area contributed by atoms with E-state index in [0.717, 1.165) is 0 Å². The quantitative estimate of drug-likeness (QED) is 0.496. The van der Waals surface area contributed by atoms with E-state index >= 15 is 0 Å². The van der Waals surface area contributed by atoms with Crippen LogP contribution in [0.1, 0.15) is 0 Å². The molecule has 12 heavy (non-hydrogen) atoms. The van der Waals surface area contributed by atoms with Crippen LogP contribution >= 0.6 is 0 Å². The smallest absolute Gasteiger partial charge is 0.276 e. The highest BCUT2D eigenvalue weighted by Gasteiger charge is 2.27. The summed E-state index contributed by atoms with van der Waals surface area (Å²) in [5, 5.41) is 5.39. The van der Waals surface area contributed by atoms with Crippen molar-refractivity contribution >= 4 is 23.8 Å². The minimum absolute atomic E-state index is 0.239. The molecule has 0 unspecified atom stereocenters. The summed E-state index contributed by atoms with van der Waals surface area (Å²) in [7, 11) is 1.70. The van der Waals surface area contributed by atoms with Gasteiger partial charge in [-0.1, -0.05) is 0 Å². The zero-order valence-corrected chi connectivity index (χ0v) is 6.40. The molecule has 0 aromatic carbocycles. The molecule has 0 bridgehead atoms. The molecule has 1 atom stereocenters. The zero-order chi connectivity index (χ0) is 8.55. The van der Waals surface area contributed by atoms with Gasteiger partial charge in [-0.05, 0) is 7.05 Å². The zero-order valence-electron chi connectivity index (χ0n) is 6.40. The second-order valence-corrected chi connectivity index (χ2v) is 2.34. The van der Waals surface area contributed by atoms with Gasteiger partial charge in [0.1, 0.15) is 6.34 Å². The van der Waals surface area contributed by atoms with Crippen LogP contribution in [0.4, 0.5) is 0 Å². The van der Waals surface area contributed by atoms with Gasteiger partial charge in [-0.3, -0.25) is 10.1 Å². The third-order valence-corrected chi connectivity index (χ3v) is 1.59. The molecule has 2 aliphatic rings. The molecular weight excluding hydrogens is 158 g/mol. The predicted molar refractivity (Wildman–Crippen MR) is 44.4 cm³/mol. The molecule has 0 saturated heterocycles. The predicted octanol–water partition coefficient (Wildman–Crippen LogP) is -1.50. The van der Waals surface area contributed by atoms with Crippen molar-refractivity contribution in [1.29, 1.82) is 0 Å². The second-order valence-electron chi connectivity index (χ2n) is 2.34. The lowest BCUT2D eigenvalue weighted by atomic mass is 10.3. The Bertz CT molecular complexity index is 316. The fourth-order valence-electron chi connectivity index (χ4n) is 0.999. The summed E-state index contributed by atoms with van der Waals surface area (Å²) in [6.45, 7) is 0. The van der Waals surface area contributed by atoms with Crippen LogP contribution in [0.25, 0.3) is 0 Å². The number of carbonyl (C=O) groups is 1. The standard InChI is InChI=1S/C6H7N5O/c1-7-6-10-4-3(5(12)11-6)8-2-9-4/h2,6-7H,1H3,(H,11,12)/t6-/m1/s1. The molecule has 1 amide bonds. The third kappa shape index (κ3) is 0.928. The van der Waals surface area contributed by atoms with Gasteiger partial charge in [0.25, 0.3) is 5.91 Å². The van der Waals surface area contributed by atoms with Gasteiger partial charge in [0, 0.05) is 0 Å². The van der Waals surface area contributed by atoms with Crippen molar-refractivity contribution in [2.75, 3.05) is 7.05 Å². The van der Waals surface area contributed by atoms with E-state index in [1.807, 2.05) is 0 Å². The number of amides is 1. The molecule has 62 valence electrons. The van der Waals surface area contributed by atoms with Gasteiger partial charge in [-0.2, -0.15) is 0 Å². The average Bonchev–Trinajstić information content (AvgIpc) is 2.52. The lowest BCUT2D eigenvalue weighted by Gasteiger charge is -2.18. The Morgan fingerprint density at radius 3 is 3.25 bits per heavy atom. The molecule has 0 aromatic heterocycles. The maximum absolute atomic E-state index is 11.2. The number of nitrogens with one attached hydrogen (secondary N) is 2. The maximum atomic E-state index is 11.2. The molecule has 2 N–H and O–H groups in total. The van der Waals surface area contributed by atoms with Crippen LogP contribution in [-0.4, -0.2) is 37.1 Å². The molecule has 0 radical (unpaired) electrons. The maximum Gasteiger partial charge on any atom is 0.276 e. The number of hydrogen-bond donors (Lipinski definition) is 2. The normalized spacial score (nSPS) is 26.1. The molecule has 0 saturated carbocycles. The Kier molecular flexibility index (Phi) is 1.47. The lowest BCUT2D eigenvalue weighted by Crippen LogP contribution is -2.50. The first-order chi connectivity index (χ1) is 5.81. The van der Waals surface area contributed by atoms with Gasteiger partial charge >= 0.3 is 0 Å². The monoisotopic (exact) mass is 165 g/mol. The Morgan fingerprint density at radius 1 is 1.67 bits per heavy atom. The van der Waals surface area contributed by atoms with E-state index in [4.69, 9.17) is 0 Å². The van der Waals surface area contributed by atoms with E-state index in [2.05, 4.69) is 25.6 Å². The summed E-state index contributed by atoms with van der Waals surface area (Å²) in [5.41, 5.74) is 0.293. The van der Waals surface area contributed by atoms with E-state index < -0.39 is 0 Å². The molecule has 2 heterocycles. The van der Waals surface area contributed by atoms with Crippen molar-refractivity contribution in [1.82, 2.24) is 10.6 Å². The third-order valence-electron chi connectivity index (χ3n) is 1.59. The van der Waals surface area contributed by atoms with E-state index in [9.17, 15) is 4.79 Å². The number of carbonyl (C=O) groups excluding carboxylic acids is 1. The minimum Gasteiger partial charge on any atom is -0.316 e. The molecule has 0 fully saturated rings. The van der Waals surface area contributed by atoms with Crippen LogP contribution in [0.3, 0.4) is 0 Å². The first-order valence-electron chi connectivity index (χ1n) is 3.48. The number of rotatable bonds is 1. The van der Waals surface area contributed by atoms with E-state index in [0.29, 0.717) is 11.5 Å². The first kappa shape index (κ1) is 7.11. The minimum atomic E-state index is -0.387. The van der Waals surface area contributed by atoms with Gasteiger partial charge in [0.05, 0.1) is 0 Å². The van der Waals surface area contributed by atoms with Crippen molar-refractivity contribution in [2.24, 2.45) is 15.0 Å². The van der Waals surface area contributed by atoms with Crippen LogP contribution in [0.5, 0.6) is 0 Å². The van der Waals surface area contributed by atoms with E-state index in [1.54, 1.807) is 7.05 Å². The van der Waals surface area contributed by atoms with Crippen LogP contribution in [0.2, 0.25) is 0 Å². The highest BCUT2D eigenvalue weighted by Crippen LogP contribution is 2.02. The Hall–Kier alpha value is -1.56. The van der Waals surface area contributed by atoms with Gasteiger partial charge < -0.3 is 5.32 Å². The fourth-order valence-corrected chi connectivity index (χ4v) is 0.999. The Balaban J connectivity index is 2.35. The van der Waals surface area contributed by atoms with Crippen LogP contribution in [0, 0.1) is 0 Å². The number of fused-ring (bicyclic) bond motifs is 1. The molecular formula is C6H7N5O. The first-order valence-corrected chi connectivity index (χ1v) is 3.48. The van der Waals surface area contributed by atoms with Crippen molar-refractivity contribution in [3.63, 3.8) is 0 Å². The van der Waals surface area contributed by atoms with Gasteiger partial charge in [0.2, 0.25) is 0 Å². The fraction of sp³-hybridized carbons (Fsp3) is 0.333. The summed E-state index contributed by atoms with van der Waals surface area (Å²) in [6.07, 6.45) is 0.938. The number of hydrogen-bond acceptors (Lipinski definition) is 5. The summed E-state index contributed by atoms with van der Waals surface area (Å²) in [5.74, 6) is 0.162.